The fourth-order valence-corrected chi connectivity index (χ4v) is 2.68. The Bertz CT molecular complexity index is 886. The van der Waals surface area contributed by atoms with Crippen LogP contribution in [0.2, 0.25) is 0 Å². The average Bonchev–Trinajstić information content (AvgIpc) is 2.79. The number of hydrogen-bond acceptors (Lipinski definition) is 6. The summed E-state index contributed by atoms with van der Waals surface area (Å²) in [6, 6.07) is 14.2. The molecule has 0 atom stereocenters. The summed E-state index contributed by atoms with van der Waals surface area (Å²) in [4.78, 5) is 24.2. The highest BCUT2D eigenvalue weighted by Gasteiger charge is 2.09. The minimum atomic E-state index is -0.442. The van der Waals surface area contributed by atoms with Crippen LogP contribution in [0.15, 0.2) is 48.5 Å². The first-order valence-corrected chi connectivity index (χ1v) is 10.7. The van der Waals surface area contributed by atoms with Crippen LogP contribution in [-0.2, 0) is 9.53 Å². The van der Waals surface area contributed by atoms with Crippen LogP contribution in [0.5, 0.6) is 11.5 Å². The van der Waals surface area contributed by atoms with Crippen molar-refractivity contribution in [2.75, 3.05) is 26.4 Å². The molecule has 0 heterocycles. The summed E-state index contributed by atoms with van der Waals surface area (Å²) in [7, 11) is 0. The van der Waals surface area contributed by atoms with E-state index in [1.165, 1.54) is 5.56 Å². The van der Waals surface area contributed by atoms with E-state index in [1.54, 1.807) is 24.3 Å². The van der Waals surface area contributed by atoms with Gasteiger partial charge in [-0.3, -0.25) is 25.8 Å². The highest BCUT2D eigenvalue weighted by atomic mass is 32.1. The van der Waals surface area contributed by atoms with Crippen molar-refractivity contribution in [3.8, 4) is 11.5 Å². The third-order valence-corrected chi connectivity index (χ3v) is 4.48. The monoisotopic (exact) mass is 459 g/mol. The second-order valence-electron chi connectivity index (χ2n) is 7.04. The number of hydrogen-bond donors (Lipinski definition) is 3. The molecule has 0 aliphatic heterocycles. The standard InChI is InChI=1S/C23H29N3O5S/c1-4-29-13-14-30-19-11-7-18(8-12-19)22(28)24-23(32)26-25-21(27)15-31-20-9-5-17(6-10-20)16(2)3/h5-12,16H,4,13-15H2,1-3H3,(H,25,27)(H2,24,26,28,32). The van der Waals surface area contributed by atoms with Gasteiger partial charge >= 0.3 is 0 Å². The smallest absolute Gasteiger partial charge is 0.276 e. The number of rotatable bonds is 10. The summed E-state index contributed by atoms with van der Waals surface area (Å²) in [5, 5.41) is 2.45. The van der Waals surface area contributed by atoms with Crippen molar-refractivity contribution in [1.82, 2.24) is 16.2 Å². The van der Waals surface area contributed by atoms with Crippen molar-refractivity contribution in [2.24, 2.45) is 0 Å². The van der Waals surface area contributed by atoms with Gasteiger partial charge in [0.25, 0.3) is 11.8 Å². The predicted octanol–water partition coefficient (Wildman–Crippen LogP) is 2.94. The SMILES string of the molecule is CCOCCOc1ccc(C(=O)NC(=S)NNC(=O)COc2ccc(C(C)C)cc2)cc1. The number of benzene rings is 2. The molecule has 32 heavy (non-hydrogen) atoms. The van der Waals surface area contributed by atoms with Crippen LogP contribution in [-0.4, -0.2) is 43.4 Å². The number of hydrazine groups is 1. The molecule has 2 rings (SSSR count). The summed E-state index contributed by atoms with van der Waals surface area (Å²) in [5.74, 6) is 0.783. The van der Waals surface area contributed by atoms with Gasteiger partial charge in [0.05, 0.1) is 6.61 Å². The molecule has 2 amide bonds. The quantitative estimate of drug-likeness (QED) is 0.285. The maximum absolute atomic E-state index is 12.3. The van der Waals surface area contributed by atoms with E-state index in [4.69, 9.17) is 26.4 Å². The molecule has 2 aromatic carbocycles. The minimum Gasteiger partial charge on any atom is -0.491 e. The number of carbonyl (C=O) groups is 2. The number of nitrogens with one attached hydrogen (secondary N) is 3. The Morgan fingerprint density at radius 3 is 2.16 bits per heavy atom. The molecule has 0 aromatic heterocycles. The van der Waals surface area contributed by atoms with Gasteiger partial charge in [-0.1, -0.05) is 26.0 Å². The highest BCUT2D eigenvalue weighted by Crippen LogP contribution is 2.18. The first kappa shape index (κ1) is 25.1. The maximum Gasteiger partial charge on any atom is 0.276 e. The molecule has 0 saturated heterocycles. The summed E-state index contributed by atoms with van der Waals surface area (Å²) >= 11 is 5.04. The first-order valence-electron chi connectivity index (χ1n) is 10.3. The van der Waals surface area contributed by atoms with E-state index in [-0.39, 0.29) is 11.7 Å². The molecule has 8 nitrogen and oxygen atoms in total. The minimum absolute atomic E-state index is 0.0401. The van der Waals surface area contributed by atoms with E-state index >= 15 is 0 Å². The normalized spacial score (nSPS) is 10.4. The lowest BCUT2D eigenvalue weighted by Gasteiger charge is -2.12. The maximum atomic E-state index is 12.3. The first-order chi connectivity index (χ1) is 15.4. The zero-order chi connectivity index (χ0) is 23.3. The molecule has 0 fully saturated rings. The van der Waals surface area contributed by atoms with Gasteiger partial charge in [0.15, 0.2) is 11.7 Å². The van der Waals surface area contributed by atoms with Gasteiger partial charge in [-0.25, -0.2) is 0 Å². The van der Waals surface area contributed by atoms with Gasteiger partial charge in [-0.2, -0.15) is 0 Å². The van der Waals surface area contributed by atoms with E-state index in [0.717, 1.165) is 0 Å². The van der Waals surface area contributed by atoms with Crippen LogP contribution in [0, 0.1) is 0 Å². The fraction of sp³-hybridized carbons (Fsp3) is 0.348. The summed E-state index contributed by atoms with van der Waals surface area (Å²) in [6.07, 6.45) is 0. The van der Waals surface area contributed by atoms with E-state index in [9.17, 15) is 9.59 Å². The molecular weight excluding hydrogens is 430 g/mol. The number of ether oxygens (including phenoxy) is 3. The lowest BCUT2D eigenvalue weighted by Crippen LogP contribution is -2.49. The Morgan fingerprint density at radius 2 is 1.53 bits per heavy atom. The van der Waals surface area contributed by atoms with Crippen LogP contribution >= 0.6 is 12.2 Å². The Labute approximate surface area is 193 Å². The van der Waals surface area contributed by atoms with Gasteiger partial charge in [0, 0.05) is 12.2 Å². The van der Waals surface area contributed by atoms with Crippen molar-refractivity contribution in [3.05, 3.63) is 59.7 Å². The van der Waals surface area contributed by atoms with Crippen molar-refractivity contribution < 1.29 is 23.8 Å². The molecule has 0 spiro atoms. The molecule has 0 bridgehead atoms. The molecule has 2 aromatic rings. The van der Waals surface area contributed by atoms with Gasteiger partial charge in [0.1, 0.15) is 18.1 Å². The topological polar surface area (TPSA) is 97.9 Å². The Kier molecular flexibility index (Phi) is 10.4. The average molecular weight is 460 g/mol. The lowest BCUT2D eigenvalue weighted by atomic mass is 10.0. The molecule has 0 unspecified atom stereocenters. The second kappa shape index (κ2) is 13.3. The third-order valence-electron chi connectivity index (χ3n) is 4.28. The van der Waals surface area contributed by atoms with E-state index < -0.39 is 11.8 Å². The Hall–Kier alpha value is -3.17. The van der Waals surface area contributed by atoms with E-state index in [0.29, 0.717) is 42.8 Å². The van der Waals surface area contributed by atoms with Crippen molar-refractivity contribution in [1.29, 1.82) is 0 Å². The lowest BCUT2D eigenvalue weighted by molar-refractivity contribution is -0.123. The number of carbonyl (C=O) groups excluding carboxylic acids is 2. The highest BCUT2D eigenvalue weighted by molar-refractivity contribution is 7.80. The second-order valence-corrected chi connectivity index (χ2v) is 7.45. The zero-order valence-corrected chi connectivity index (χ0v) is 19.3. The van der Waals surface area contributed by atoms with Crippen LogP contribution in [0.25, 0.3) is 0 Å². The zero-order valence-electron chi connectivity index (χ0n) is 18.5. The number of thiocarbonyl (C=S) groups is 1. The predicted molar refractivity (Wildman–Crippen MR) is 126 cm³/mol. The van der Waals surface area contributed by atoms with Crippen LogP contribution in [0.4, 0.5) is 0 Å². The van der Waals surface area contributed by atoms with Crippen LogP contribution in [0.3, 0.4) is 0 Å². The van der Waals surface area contributed by atoms with Crippen molar-refractivity contribution in [3.63, 3.8) is 0 Å². The molecular formula is C23H29N3O5S. The molecule has 3 N–H and O–H groups in total. The van der Waals surface area contributed by atoms with Crippen LogP contribution < -0.4 is 25.6 Å². The molecule has 172 valence electrons. The molecule has 0 radical (unpaired) electrons. The van der Waals surface area contributed by atoms with Crippen molar-refractivity contribution in [2.45, 2.75) is 26.7 Å². The molecule has 0 aliphatic carbocycles. The molecule has 9 heteroatoms. The number of amides is 2. The summed E-state index contributed by atoms with van der Waals surface area (Å²) < 4.78 is 16.1. The fourth-order valence-electron chi connectivity index (χ4n) is 2.53. The van der Waals surface area contributed by atoms with Gasteiger partial charge in [-0.05, 0) is 67.0 Å². The van der Waals surface area contributed by atoms with Gasteiger partial charge in [-0.15, -0.1) is 0 Å². The molecule has 0 aliphatic rings. The van der Waals surface area contributed by atoms with Crippen LogP contribution in [0.1, 0.15) is 42.6 Å². The third kappa shape index (κ3) is 8.91. The van der Waals surface area contributed by atoms with E-state index in [2.05, 4.69) is 30.0 Å². The molecule has 0 saturated carbocycles. The Balaban J connectivity index is 1.69. The summed E-state index contributed by atoms with van der Waals surface area (Å²) in [5.41, 5.74) is 6.44. The summed E-state index contributed by atoms with van der Waals surface area (Å²) in [6.45, 7) is 7.49. The largest absolute Gasteiger partial charge is 0.491 e. The van der Waals surface area contributed by atoms with E-state index in [1.807, 2.05) is 31.2 Å². The van der Waals surface area contributed by atoms with Crippen molar-refractivity contribution >= 4 is 29.1 Å². The van der Waals surface area contributed by atoms with Gasteiger partial charge in [0.2, 0.25) is 0 Å². The Morgan fingerprint density at radius 1 is 0.906 bits per heavy atom. The van der Waals surface area contributed by atoms with Gasteiger partial charge < -0.3 is 14.2 Å².